The van der Waals surface area contributed by atoms with E-state index in [2.05, 4.69) is 10.6 Å². The number of aliphatic hydroxyl groups is 1. The molecule has 0 spiro atoms. The molecule has 0 radical (unpaired) electrons. The number of carbonyl (C=O) groups excluding carboxylic acids is 1. The maximum Gasteiger partial charge on any atom is 0.359 e. The van der Waals surface area contributed by atoms with Crippen molar-refractivity contribution in [2.24, 2.45) is 0 Å². The molecule has 0 saturated carbocycles. The molecule has 0 fully saturated rings. The lowest BCUT2D eigenvalue weighted by Crippen LogP contribution is -2.52. The van der Waals surface area contributed by atoms with Crippen LogP contribution in [0.3, 0.4) is 0 Å². The smallest absolute Gasteiger partial charge is 0.359 e. The van der Waals surface area contributed by atoms with E-state index >= 15 is 0 Å². The monoisotopic (exact) mass is 406 g/mol. The highest BCUT2D eigenvalue weighted by Gasteiger charge is 2.66. The number of nitrogens with one attached hydrogen (secondary N) is 2. The fraction of sp³-hybridized carbons (Fsp3) is 0.500. The predicted octanol–water partition coefficient (Wildman–Crippen LogP) is 4.56. The molecule has 1 unspecified atom stereocenters. The van der Waals surface area contributed by atoms with Crippen LogP contribution in [-0.2, 0) is 5.60 Å². The summed E-state index contributed by atoms with van der Waals surface area (Å²) in [5, 5.41) is 10.7. The number of aryl methyl sites for hydroxylation is 2. The van der Waals surface area contributed by atoms with Gasteiger partial charge >= 0.3 is 11.4 Å². The van der Waals surface area contributed by atoms with Gasteiger partial charge < -0.3 is 15.7 Å². The van der Waals surface area contributed by atoms with Crippen molar-refractivity contribution >= 4 is 46.5 Å². The molecule has 3 N–H and O–H groups in total. The summed E-state index contributed by atoms with van der Waals surface area (Å²) < 4.78 is 37.5. The molecule has 4 nitrogen and oxygen atoms in total. The Labute approximate surface area is 152 Å². The van der Waals surface area contributed by atoms with Gasteiger partial charge in [-0.1, -0.05) is 35.3 Å². The second kappa shape index (κ2) is 7.15. The van der Waals surface area contributed by atoms with Crippen LogP contribution in [0.1, 0.15) is 23.6 Å². The van der Waals surface area contributed by atoms with Crippen LogP contribution in [0.5, 0.6) is 0 Å². The molecule has 2 amide bonds. The number of benzene rings is 1. The third kappa shape index (κ3) is 4.02. The van der Waals surface area contributed by atoms with Crippen molar-refractivity contribution in [2.45, 2.75) is 36.3 Å². The Bertz CT molecular complexity index is 594. The Morgan fingerprint density at radius 3 is 1.96 bits per heavy atom. The van der Waals surface area contributed by atoms with Crippen molar-refractivity contribution in [3.8, 4) is 0 Å². The van der Waals surface area contributed by atoms with Crippen molar-refractivity contribution in [1.82, 2.24) is 5.32 Å². The summed E-state index contributed by atoms with van der Waals surface area (Å²) in [5.74, 6) is 0. The van der Waals surface area contributed by atoms with Crippen LogP contribution in [0.2, 0.25) is 0 Å². The molecule has 136 valence electrons. The fourth-order valence-corrected chi connectivity index (χ4v) is 2.97. The Balaban J connectivity index is 3.44. The fourth-order valence-electron chi connectivity index (χ4n) is 2.18. The topological polar surface area (TPSA) is 61.4 Å². The van der Waals surface area contributed by atoms with Crippen molar-refractivity contribution in [3.05, 3.63) is 28.8 Å². The third-order valence-electron chi connectivity index (χ3n) is 3.35. The van der Waals surface area contributed by atoms with E-state index in [4.69, 9.17) is 34.8 Å². The van der Waals surface area contributed by atoms with E-state index in [-0.39, 0.29) is 11.1 Å². The maximum atomic E-state index is 13.9. The standard InChI is InChI=1S/C14H16Cl3F3N2O2/c1-4-21-11(23)22-10-7(2)5-9(6-8(10)3)12(24,13(15,16)18)14(17,19)20/h5-6,24H,4H2,1-3H3,(H2,21,22,23). The van der Waals surface area contributed by atoms with Gasteiger partial charge in [-0.15, -0.1) is 0 Å². The number of carbonyl (C=O) groups is 1. The minimum absolute atomic E-state index is 0.271. The van der Waals surface area contributed by atoms with Gasteiger partial charge in [-0.3, -0.25) is 0 Å². The van der Waals surface area contributed by atoms with Crippen molar-refractivity contribution in [2.75, 3.05) is 11.9 Å². The van der Waals surface area contributed by atoms with Crippen molar-refractivity contribution in [3.63, 3.8) is 0 Å². The first-order chi connectivity index (χ1) is 10.8. The molecule has 0 aromatic heterocycles. The molecule has 1 aromatic carbocycles. The number of alkyl halides is 6. The molecular formula is C14H16Cl3F3N2O2. The molecule has 1 aromatic rings. The molecule has 0 saturated heterocycles. The SMILES string of the molecule is CCNC(=O)Nc1c(C)cc(C(O)(C(F)(F)Cl)C(F)(Cl)Cl)cc1C. The zero-order valence-electron chi connectivity index (χ0n) is 13.0. The average molecular weight is 408 g/mol. The van der Waals surface area contributed by atoms with Crippen LogP contribution < -0.4 is 10.6 Å². The zero-order valence-corrected chi connectivity index (χ0v) is 15.3. The van der Waals surface area contributed by atoms with Gasteiger partial charge in [0.1, 0.15) is 0 Å². The summed E-state index contributed by atoms with van der Waals surface area (Å²) in [4.78, 5) is 11.6. The van der Waals surface area contributed by atoms with Gasteiger partial charge in [-0.05, 0) is 49.1 Å². The van der Waals surface area contributed by atoms with Crippen LogP contribution >= 0.6 is 34.8 Å². The van der Waals surface area contributed by atoms with Gasteiger partial charge in [0, 0.05) is 12.2 Å². The Morgan fingerprint density at radius 1 is 1.17 bits per heavy atom. The van der Waals surface area contributed by atoms with E-state index in [0.717, 1.165) is 12.1 Å². The highest BCUT2D eigenvalue weighted by molar-refractivity contribution is 6.48. The minimum Gasteiger partial charge on any atom is -0.373 e. The van der Waals surface area contributed by atoms with Gasteiger partial charge in [0.2, 0.25) is 5.60 Å². The number of urea groups is 1. The van der Waals surface area contributed by atoms with E-state index in [1.165, 1.54) is 13.8 Å². The van der Waals surface area contributed by atoms with E-state index in [1.807, 2.05) is 0 Å². The van der Waals surface area contributed by atoms with Crippen LogP contribution in [0, 0.1) is 13.8 Å². The number of hydrogen-bond donors (Lipinski definition) is 3. The lowest BCUT2D eigenvalue weighted by molar-refractivity contribution is -0.164. The number of amides is 2. The highest BCUT2D eigenvalue weighted by atomic mass is 35.5. The number of anilines is 1. The maximum absolute atomic E-state index is 13.9. The number of rotatable bonds is 5. The summed E-state index contributed by atoms with van der Waals surface area (Å²) in [5.41, 5.74) is -3.49. The molecule has 0 heterocycles. The molecule has 1 atom stereocenters. The molecular weight excluding hydrogens is 392 g/mol. The molecule has 10 heteroatoms. The predicted molar refractivity (Wildman–Crippen MR) is 88.9 cm³/mol. The van der Waals surface area contributed by atoms with Crippen LogP contribution in [0.25, 0.3) is 0 Å². The lowest BCUT2D eigenvalue weighted by Gasteiger charge is -2.37. The largest absolute Gasteiger partial charge is 0.373 e. The van der Waals surface area contributed by atoms with Gasteiger partial charge in [-0.2, -0.15) is 8.78 Å². The van der Waals surface area contributed by atoms with Gasteiger partial charge in [0.05, 0.1) is 0 Å². The number of halogens is 6. The molecule has 0 aliphatic carbocycles. The summed E-state index contributed by atoms with van der Waals surface area (Å²) >= 11 is 15.1. The van der Waals surface area contributed by atoms with Crippen LogP contribution in [0.4, 0.5) is 23.7 Å². The van der Waals surface area contributed by atoms with E-state index in [9.17, 15) is 23.1 Å². The Morgan fingerprint density at radius 2 is 1.62 bits per heavy atom. The molecule has 24 heavy (non-hydrogen) atoms. The first kappa shape index (κ1) is 21.2. The van der Waals surface area contributed by atoms with E-state index < -0.39 is 27.2 Å². The second-order valence-corrected chi connectivity index (χ2v) is 6.89. The van der Waals surface area contributed by atoms with Crippen molar-refractivity contribution in [1.29, 1.82) is 0 Å². The van der Waals surface area contributed by atoms with Gasteiger partial charge in [0.15, 0.2) is 0 Å². The Kier molecular flexibility index (Phi) is 6.31. The molecule has 0 aliphatic rings. The molecule has 0 aliphatic heterocycles. The second-order valence-electron chi connectivity index (χ2n) is 5.18. The first-order valence-electron chi connectivity index (χ1n) is 6.78. The van der Waals surface area contributed by atoms with E-state index in [0.29, 0.717) is 12.2 Å². The van der Waals surface area contributed by atoms with E-state index in [1.54, 1.807) is 6.92 Å². The third-order valence-corrected chi connectivity index (χ3v) is 4.17. The zero-order chi connectivity index (χ0) is 18.9. The summed E-state index contributed by atoms with van der Waals surface area (Å²) in [6.45, 7) is 5.02. The lowest BCUT2D eigenvalue weighted by atomic mass is 9.90. The first-order valence-corrected chi connectivity index (χ1v) is 7.91. The van der Waals surface area contributed by atoms with Gasteiger partial charge in [0.25, 0.3) is 4.59 Å². The van der Waals surface area contributed by atoms with Crippen molar-refractivity contribution < 1.29 is 23.1 Å². The average Bonchev–Trinajstić information content (AvgIpc) is 2.39. The molecule has 0 bridgehead atoms. The summed E-state index contributed by atoms with van der Waals surface area (Å²) in [6, 6.07) is 1.53. The van der Waals surface area contributed by atoms with Crippen LogP contribution in [0.15, 0.2) is 12.1 Å². The van der Waals surface area contributed by atoms with Gasteiger partial charge in [-0.25, -0.2) is 9.18 Å². The molecule has 1 rings (SSSR count). The minimum atomic E-state index is -4.50. The normalized spacial score (nSPS) is 14.9. The number of hydrogen-bond acceptors (Lipinski definition) is 2. The highest BCUT2D eigenvalue weighted by Crippen LogP contribution is 2.54. The summed E-state index contributed by atoms with van der Waals surface area (Å²) in [7, 11) is 0. The Hall–Kier alpha value is -0.890. The summed E-state index contributed by atoms with van der Waals surface area (Å²) in [6.07, 6.45) is 0. The van der Waals surface area contributed by atoms with Crippen LogP contribution in [-0.4, -0.2) is 27.7 Å². The quantitative estimate of drug-likeness (QED) is 0.626.